The Morgan fingerprint density at radius 1 is 0.895 bits per heavy atom. The van der Waals surface area contributed by atoms with E-state index in [9.17, 15) is 0 Å². The molecule has 1 saturated heterocycles. The van der Waals surface area contributed by atoms with Crippen molar-refractivity contribution in [3.8, 4) is 0 Å². The van der Waals surface area contributed by atoms with Crippen molar-refractivity contribution >= 4 is 0 Å². The van der Waals surface area contributed by atoms with E-state index >= 15 is 0 Å². The lowest BCUT2D eigenvalue weighted by molar-refractivity contribution is 0.106. The molecule has 1 fully saturated rings. The summed E-state index contributed by atoms with van der Waals surface area (Å²) < 4.78 is 0. The van der Waals surface area contributed by atoms with E-state index in [1.54, 1.807) is 0 Å². The smallest absolute Gasteiger partial charge is 0.0486 e. The molecule has 0 saturated carbocycles. The summed E-state index contributed by atoms with van der Waals surface area (Å²) in [4.78, 5) is 2.70. The van der Waals surface area contributed by atoms with Gasteiger partial charge >= 0.3 is 0 Å². The Morgan fingerprint density at radius 2 is 1.47 bits per heavy atom. The molecule has 0 aromatic heterocycles. The van der Waals surface area contributed by atoms with E-state index in [0.29, 0.717) is 5.54 Å². The van der Waals surface area contributed by atoms with Crippen LogP contribution in [0.2, 0.25) is 0 Å². The van der Waals surface area contributed by atoms with Gasteiger partial charge in [0.05, 0.1) is 0 Å². The maximum atomic E-state index is 3.51. The van der Waals surface area contributed by atoms with Gasteiger partial charge in [0.15, 0.2) is 0 Å². The summed E-state index contributed by atoms with van der Waals surface area (Å²) in [5.41, 5.74) is 0.449. The lowest BCUT2D eigenvalue weighted by Gasteiger charge is -2.39. The van der Waals surface area contributed by atoms with E-state index in [1.807, 2.05) is 0 Å². The Kier molecular flexibility index (Phi) is 8.72. The summed E-state index contributed by atoms with van der Waals surface area (Å²) in [7, 11) is 0. The van der Waals surface area contributed by atoms with E-state index < -0.39 is 0 Å². The van der Waals surface area contributed by atoms with Crippen molar-refractivity contribution in [2.75, 3.05) is 19.8 Å². The second kappa shape index (κ2) is 9.77. The molecule has 1 aliphatic heterocycles. The van der Waals surface area contributed by atoms with Crippen LogP contribution >= 0.6 is 0 Å². The van der Waals surface area contributed by atoms with E-state index in [0.717, 1.165) is 6.67 Å². The predicted octanol–water partition coefficient (Wildman–Crippen LogP) is 4.55. The average molecular weight is 268 g/mol. The minimum Gasteiger partial charge on any atom is -0.303 e. The molecule has 0 radical (unpaired) electrons. The highest BCUT2D eigenvalue weighted by atomic mass is 15.3. The molecule has 0 amide bonds. The van der Waals surface area contributed by atoms with Crippen molar-refractivity contribution in [1.82, 2.24) is 10.2 Å². The molecule has 19 heavy (non-hydrogen) atoms. The molecule has 1 heterocycles. The second-order valence-electron chi connectivity index (χ2n) is 6.54. The first kappa shape index (κ1) is 17.0. The molecule has 0 aliphatic carbocycles. The second-order valence-corrected chi connectivity index (χ2v) is 6.54. The third-order valence-corrected chi connectivity index (χ3v) is 4.76. The summed E-state index contributed by atoms with van der Waals surface area (Å²) >= 11 is 0. The van der Waals surface area contributed by atoms with E-state index in [-0.39, 0.29) is 0 Å². The summed E-state index contributed by atoms with van der Waals surface area (Å²) in [5.74, 6) is 0. The topological polar surface area (TPSA) is 15.3 Å². The van der Waals surface area contributed by atoms with Crippen LogP contribution in [0.15, 0.2) is 0 Å². The zero-order valence-electron chi connectivity index (χ0n) is 13.6. The maximum absolute atomic E-state index is 3.51. The summed E-state index contributed by atoms with van der Waals surface area (Å²) in [5, 5.41) is 3.51. The molecule has 114 valence electrons. The molecule has 2 nitrogen and oxygen atoms in total. The Labute approximate surface area is 121 Å². The predicted molar refractivity (Wildman–Crippen MR) is 85.5 cm³/mol. The van der Waals surface area contributed by atoms with Crippen LogP contribution in [0.5, 0.6) is 0 Å². The SMILES string of the molecule is CCCCCCC(C)(CCCCCC)N1CCNC1. The molecule has 1 aliphatic rings. The Morgan fingerprint density at radius 3 is 1.89 bits per heavy atom. The highest BCUT2D eigenvalue weighted by molar-refractivity contribution is 4.88. The van der Waals surface area contributed by atoms with Crippen molar-refractivity contribution < 1.29 is 0 Å². The number of rotatable bonds is 11. The molecule has 0 spiro atoms. The minimum absolute atomic E-state index is 0.449. The monoisotopic (exact) mass is 268 g/mol. The van der Waals surface area contributed by atoms with Gasteiger partial charge in [-0.25, -0.2) is 0 Å². The zero-order valence-corrected chi connectivity index (χ0v) is 13.6. The van der Waals surface area contributed by atoms with Crippen molar-refractivity contribution in [2.24, 2.45) is 0 Å². The standard InChI is InChI=1S/C17H36N2/c1-4-6-8-10-12-17(3,13-11-9-7-5-2)19-15-14-18-16-19/h18H,4-16H2,1-3H3. The Bertz CT molecular complexity index is 197. The van der Waals surface area contributed by atoms with Gasteiger partial charge in [0.25, 0.3) is 0 Å². The van der Waals surface area contributed by atoms with Crippen LogP contribution in [0.3, 0.4) is 0 Å². The molecule has 1 rings (SSSR count). The Balaban J connectivity index is 2.36. The fourth-order valence-electron chi connectivity index (χ4n) is 3.27. The lowest BCUT2D eigenvalue weighted by atomic mass is 9.86. The van der Waals surface area contributed by atoms with Crippen molar-refractivity contribution in [3.63, 3.8) is 0 Å². The van der Waals surface area contributed by atoms with Crippen LogP contribution in [-0.4, -0.2) is 30.2 Å². The first-order valence-corrected chi connectivity index (χ1v) is 8.68. The average Bonchev–Trinajstić information content (AvgIpc) is 2.95. The highest BCUT2D eigenvalue weighted by Gasteiger charge is 2.32. The zero-order chi connectivity index (χ0) is 14.0. The van der Waals surface area contributed by atoms with E-state index in [2.05, 4.69) is 31.0 Å². The summed E-state index contributed by atoms with van der Waals surface area (Å²) in [6.07, 6.45) is 13.9. The molecule has 0 bridgehead atoms. The van der Waals surface area contributed by atoms with Gasteiger partial charge in [0, 0.05) is 25.3 Å². The van der Waals surface area contributed by atoms with Crippen LogP contribution in [0, 0.1) is 0 Å². The normalized spacial score (nSPS) is 17.2. The number of hydrogen-bond acceptors (Lipinski definition) is 2. The summed E-state index contributed by atoms with van der Waals surface area (Å²) in [6.45, 7) is 10.6. The van der Waals surface area contributed by atoms with E-state index in [1.165, 1.54) is 77.3 Å². The molecule has 0 atom stereocenters. The fraction of sp³-hybridized carbons (Fsp3) is 1.00. The molecule has 1 N–H and O–H groups in total. The van der Waals surface area contributed by atoms with Crippen LogP contribution in [0.1, 0.15) is 85.0 Å². The highest BCUT2D eigenvalue weighted by Crippen LogP contribution is 2.29. The molecule has 0 aromatic rings. The molecular formula is C17H36N2. The minimum atomic E-state index is 0.449. The molecule has 2 heteroatoms. The Hall–Kier alpha value is -0.0800. The lowest BCUT2D eigenvalue weighted by Crippen LogP contribution is -2.45. The van der Waals surface area contributed by atoms with Crippen LogP contribution in [0.25, 0.3) is 0 Å². The van der Waals surface area contributed by atoms with Crippen molar-refractivity contribution in [2.45, 2.75) is 90.5 Å². The number of unbranched alkanes of at least 4 members (excludes halogenated alkanes) is 6. The fourth-order valence-corrected chi connectivity index (χ4v) is 3.27. The molecule has 0 aromatic carbocycles. The van der Waals surface area contributed by atoms with Gasteiger partial charge in [-0.1, -0.05) is 65.2 Å². The van der Waals surface area contributed by atoms with Gasteiger partial charge in [-0.3, -0.25) is 4.90 Å². The molecule has 0 unspecified atom stereocenters. The van der Waals surface area contributed by atoms with E-state index in [4.69, 9.17) is 0 Å². The third-order valence-electron chi connectivity index (χ3n) is 4.76. The first-order chi connectivity index (χ1) is 9.23. The molecular weight excluding hydrogens is 232 g/mol. The van der Waals surface area contributed by atoms with Crippen LogP contribution < -0.4 is 5.32 Å². The summed E-state index contributed by atoms with van der Waals surface area (Å²) in [6, 6.07) is 0. The quantitative estimate of drug-likeness (QED) is 0.553. The van der Waals surface area contributed by atoms with Gasteiger partial charge in [-0.05, 0) is 19.8 Å². The van der Waals surface area contributed by atoms with Crippen molar-refractivity contribution in [1.29, 1.82) is 0 Å². The largest absolute Gasteiger partial charge is 0.303 e. The van der Waals surface area contributed by atoms with Gasteiger partial charge in [-0.15, -0.1) is 0 Å². The van der Waals surface area contributed by atoms with Gasteiger partial charge in [-0.2, -0.15) is 0 Å². The van der Waals surface area contributed by atoms with Gasteiger partial charge < -0.3 is 5.32 Å². The number of nitrogens with zero attached hydrogens (tertiary/aromatic N) is 1. The third kappa shape index (κ3) is 6.27. The van der Waals surface area contributed by atoms with Gasteiger partial charge in [0.2, 0.25) is 0 Å². The number of nitrogens with one attached hydrogen (secondary N) is 1. The van der Waals surface area contributed by atoms with Crippen molar-refractivity contribution in [3.05, 3.63) is 0 Å². The van der Waals surface area contributed by atoms with Crippen LogP contribution in [0.4, 0.5) is 0 Å². The first-order valence-electron chi connectivity index (χ1n) is 8.68. The maximum Gasteiger partial charge on any atom is 0.0486 e. The van der Waals surface area contributed by atoms with Gasteiger partial charge in [0.1, 0.15) is 0 Å². The van der Waals surface area contributed by atoms with Crippen LogP contribution in [-0.2, 0) is 0 Å². The number of hydrogen-bond donors (Lipinski definition) is 1.